The minimum atomic E-state index is -0.480. The Kier molecular flexibility index (Phi) is 3.54. The van der Waals surface area contributed by atoms with E-state index in [1.165, 1.54) is 0 Å². The molecule has 2 aromatic rings. The summed E-state index contributed by atoms with van der Waals surface area (Å²) >= 11 is 3.83. The molecule has 2 heterocycles. The summed E-state index contributed by atoms with van der Waals surface area (Å²) in [7, 11) is 0. The second kappa shape index (κ2) is 4.91. The van der Waals surface area contributed by atoms with Crippen LogP contribution in [0.3, 0.4) is 0 Å². The largest absolute Gasteiger partial charge is 0.460 e. The standard InChI is InChI=1S/C9H8IN3O2S/c1-2-15-9(14)8-11-7(12-13-8)5-3-6(10)16-4-5/h3-4H,2H2,1H3,(H,11,12,13). The number of carbonyl (C=O) groups excluding carboxylic acids is 1. The quantitative estimate of drug-likeness (QED) is 0.682. The van der Waals surface area contributed by atoms with Crippen LogP contribution in [0.4, 0.5) is 0 Å². The first kappa shape index (κ1) is 11.5. The lowest BCUT2D eigenvalue weighted by atomic mass is 10.3. The van der Waals surface area contributed by atoms with Crippen molar-refractivity contribution in [2.45, 2.75) is 6.92 Å². The second-order valence-electron chi connectivity index (χ2n) is 2.87. The number of thiophene rings is 1. The molecule has 0 atom stereocenters. The first-order valence-electron chi connectivity index (χ1n) is 4.54. The number of ether oxygens (including phenoxy) is 1. The van der Waals surface area contributed by atoms with Gasteiger partial charge in [-0.3, -0.25) is 5.10 Å². The summed E-state index contributed by atoms with van der Waals surface area (Å²) in [4.78, 5) is 15.4. The van der Waals surface area contributed by atoms with Gasteiger partial charge in [0, 0.05) is 10.9 Å². The van der Waals surface area contributed by atoms with Gasteiger partial charge in [0.1, 0.15) is 0 Å². The van der Waals surface area contributed by atoms with Crippen LogP contribution in [0.25, 0.3) is 11.4 Å². The zero-order valence-corrected chi connectivity index (χ0v) is 11.3. The SMILES string of the molecule is CCOC(=O)c1nc(-c2csc(I)c2)n[nH]1. The van der Waals surface area contributed by atoms with Gasteiger partial charge in [0.15, 0.2) is 5.82 Å². The highest BCUT2D eigenvalue weighted by Gasteiger charge is 2.14. The molecule has 0 aromatic carbocycles. The van der Waals surface area contributed by atoms with Gasteiger partial charge >= 0.3 is 5.97 Å². The van der Waals surface area contributed by atoms with E-state index in [1.54, 1.807) is 18.3 Å². The fraction of sp³-hybridized carbons (Fsp3) is 0.222. The summed E-state index contributed by atoms with van der Waals surface area (Å²) in [6.07, 6.45) is 0. The second-order valence-corrected chi connectivity index (χ2v) is 5.67. The summed E-state index contributed by atoms with van der Waals surface area (Å²) in [6.45, 7) is 2.07. The summed E-state index contributed by atoms with van der Waals surface area (Å²) < 4.78 is 5.96. The lowest BCUT2D eigenvalue weighted by molar-refractivity contribution is 0.0512. The monoisotopic (exact) mass is 349 g/mol. The minimum Gasteiger partial charge on any atom is -0.460 e. The van der Waals surface area contributed by atoms with E-state index in [0.717, 1.165) is 8.45 Å². The molecule has 1 N–H and O–H groups in total. The normalized spacial score (nSPS) is 10.4. The number of hydrogen-bond donors (Lipinski definition) is 1. The predicted octanol–water partition coefficient (Wildman–Crippen LogP) is 2.31. The van der Waals surface area contributed by atoms with Crippen LogP contribution in [0.2, 0.25) is 0 Å². The van der Waals surface area contributed by atoms with Crippen molar-refractivity contribution in [1.82, 2.24) is 15.2 Å². The third kappa shape index (κ3) is 2.40. The predicted molar refractivity (Wildman–Crippen MR) is 68.4 cm³/mol. The molecule has 0 bridgehead atoms. The third-order valence-corrected chi connectivity index (χ3v) is 3.57. The van der Waals surface area contributed by atoms with Crippen molar-refractivity contribution in [2.24, 2.45) is 0 Å². The minimum absolute atomic E-state index is 0.137. The highest BCUT2D eigenvalue weighted by Crippen LogP contribution is 2.23. The Labute approximate surface area is 109 Å². The first-order chi connectivity index (χ1) is 7.70. The Morgan fingerprint density at radius 2 is 2.50 bits per heavy atom. The van der Waals surface area contributed by atoms with Crippen molar-refractivity contribution in [1.29, 1.82) is 0 Å². The Bertz CT molecular complexity index is 508. The number of nitrogens with one attached hydrogen (secondary N) is 1. The van der Waals surface area contributed by atoms with Gasteiger partial charge in [-0.1, -0.05) is 0 Å². The lowest BCUT2D eigenvalue weighted by Gasteiger charge is -1.94. The molecule has 0 aliphatic carbocycles. The molecule has 7 heteroatoms. The van der Waals surface area contributed by atoms with Gasteiger partial charge in [0.25, 0.3) is 0 Å². The molecule has 0 saturated carbocycles. The number of aromatic nitrogens is 3. The Morgan fingerprint density at radius 1 is 1.69 bits per heavy atom. The summed E-state index contributed by atoms with van der Waals surface area (Å²) in [5, 5.41) is 8.48. The number of carbonyl (C=O) groups is 1. The van der Waals surface area contributed by atoms with Crippen LogP contribution >= 0.6 is 33.9 Å². The molecule has 0 fully saturated rings. The van der Waals surface area contributed by atoms with Gasteiger partial charge in [-0.05, 0) is 35.6 Å². The fourth-order valence-corrected chi connectivity index (χ4v) is 2.43. The number of rotatable bonds is 3. The molecular weight excluding hydrogens is 341 g/mol. The van der Waals surface area contributed by atoms with Gasteiger partial charge in [0.2, 0.25) is 5.82 Å². The van der Waals surface area contributed by atoms with Crippen LogP contribution < -0.4 is 0 Å². The van der Waals surface area contributed by atoms with E-state index in [0.29, 0.717) is 12.4 Å². The number of hydrogen-bond acceptors (Lipinski definition) is 5. The zero-order chi connectivity index (χ0) is 11.5. The van der Waals surface area contributed by atoms with E-state index in [1.807, 2.05) is 11.4 Å². The molecule has 0 radical (unpaired) electrons. The van der Waals surface area contributed by atoms with Crippen LogP contribution in [0, 0.1) is 2.88 Å². The molecule has 5 nitrogen and oxygen atoms in total. The van der Waals surface area contributed by atoms with Crippen molar-refractivity contribution in [2.75, 3.05) is 6.61 Å². The van der Waals surface area contributed by atoms with Crippen molar-refractivity contribution >= 4 is 39.9 Å². The molecule has 2 rings (SSSR count). The van der Waals surface area contributed by atoms with Gasteiger partial charge in [-0.25, -0.2) is 9.78 Å². The maximum absolute atomic E-state index is 11.3. The van der Waals surface area contributed by atoms with E-state index in [2.05, 4.69) is 37.8 Å². The van der Waals surface area contributed by atoms with Crippen LogP contribution in [-0.2, 0) is 4.74 Å². The first-order valence-corrected chi connectivity index (χ1v) is 6.50. The van der Waals surface area contributed by atoms with Gasteiger partial charge in [-0.2, -0.15) is 5.10 Å². The number of aromatic amines is 1. The van der Waals surface area contributed by atoms with E-state index >= 15 is 0 Å². The van der Waals surface area contributed by atoms with E-state index < -0.39 is 5.97 Å². The number of halogens is 1. The maximum Gasteiger partial charge on any atom is 0.375 e. The molecule has 84 valence electrons. The summed E-state index contributed by atoms with van der Waals surface area (Å²) in [5.74, 6) is 0.173. The topological polar surface area (TPSA) is 67.9 Å². The number of nitrogens with zero attached hydrogens (tertiary/aromatic N) is 2. The molecule has 2 aromatic heterocycles. The van der Waals surface area contributed by atoms with Gasteiger partial charge in [-0.15, -0.1) is 11.3 Å². The molecule has 0 unspecified atom stereocenters. The van der Waals surface area contributed by atoms with Crippen LogP contribution in [0.15, 0.2) is 11.4 Å². The third-order valence-electron chi connectivity index (χ3n) is 1.78. The highest BCUT2D eigenvalue weighted by atomic mass is 127. The number of esters is 1. The number of H-pyrrole nitrogens is 1. The van der Waals surface area contributed by atoms with Gasteiger partial charge < -0.3 is 4.74 Å². The summed E-state index contributed by atoms with van der Waals surface area (Å²) in [6, 6.07) is 1.96. The lowest BCUT2D eigenvalue weighted by Crippen LogP contribution is -2.06. The average Bonchev–Trinajstić information content (AvgIpc) is 2.85. The maximum atomic E-state index is 11.3. The van der Waals surface area contributed by atoms with Crippen LogP contribution in [0.5, 0.6) is 0 Å². The van der Waals surface area contributed by atoms with E-state index in [-0.39, 0.29) is 5.82 Å². The van der Waals surface area contributed by atoms with Gasteiger partial charge in [0.05, 0.1) is 9.49 Å². The molecule has 0 aliphatic rings. The highest BCUT2D eigenvalue weighted by molar-refractivity contribution is 14.1. The molecule has 16 heavy (non-hydrogen) atoms. The van der Waals surface area contributed by atoms with E-state index in [4.69, 9.17) is 4.74 Å². The molecular formula is C9H8IN3O2S. The molecule has 0 amide bonds. The molecule has 0 saturated heterocycles. The van der Waals surface area contributed by atoms with Crippen molar-refractivity contribution < 1.29 is 9.53 Å². The van der Waals surface area contributed by atoms with Crippen LogP contribution in [-0.4, -0.2) is 27.8 Å². The van der Waals surface area contributed by atoms with Crippen LogP contribution in [0.1, 0.15) is 17.5 Å². The fourth-order valence-electron chi connectivity index (χ4n) is 1.11. The van der Waals surface area contributed by atoms with Crippen molar-refractivity contribution in [3.63, 3.8) is 0 Å². The average molecular weight is 349 g/mol. The molecule has 0 aliphatic heterocycles. The van der Waals surface area contributed by atoms with E-state index in [9.17, 15) is 4.79 Å². The van der Waals surface area contributed by atoms with Crippen molar-refractivity contribution in [3.05, 3.63) is 20.2 Å². The van der Waals surface area contributed by atoms with Crippen molar-refractivity contribution in [3.8, 4) is 11.4 Å². The Balaban J connectivity index is 2.22. The smallest absolute Gasteiger partial charge is 0.375 e. The Morgan fingerprint density at radius 3 is 3.12 bits per heavy atom. The molecule has 0 spiro atoms. The summed E-state index contributed by atoms with van der Waals surface area (Å²) in [5.41, 5.74) is 0.904. The zero-order valence-electron chi connectivity index (χ0n) is 8.36. The Hall–Kier alpha value is -0.960.